The number of piperazine rings is 1. The van der Waals surface area contributed by atoms with Crippen LogP contribution >= 0.6 is 0 Å². The van der Waals surface area contributed by atoms with Gasteiger partial charge in [-0.1, -0.05) is 13.8 Å². The van der Waals surface area contributed by atoms with Crippen LogP contribution in [0.4, 0.5) is 11.6 Å². The molecule has 1 fully saturated rings. The highest BCUT2D eigenvalue weighted by atomic mass is 15.3. The molecule has 26 heavy (non-hydrogen) atoms. The van der Waals surface area contributed by atoms with E-state index in [9.17, 15) is 0 Å². The van der Waals surface area contributed by atoms with E-state index in [1.54, 1.807) is 0 Å². The molecule has 1 aliphatic heterocycles. The Kier molecular flexibility index (Phi) is 4.22. The maximum atomic E-state index is 4.77. The fraction of sp³-hybridized carbons (Fsp3) is 0.474. The molecule has 0 bridgehead atoms. The Labute approximate surface area is 153 Å². The van der Waals surface area contributed by atoms with Gasteiger partial charge in [0.15, 0.2) is 5.82 Å². The Hall–Kier alpha value is -2.70. The Morgan fingerprint density at radius 2 is 1.65 bits per heavy atom. The predicted molar refractivity (Wildman–Crippen MR) is 103 cm³/mol. The van der Waals surface area contributed by atoms with Gasteiger partial charge in [0.25, 0.3) is 0 Å². The third-order valence-electron chi connectivity index (χ3n) is 4.77. The largest absolute Gasteiger partial charge is 0.353 e. The van der Waals surface area contributed by atoms with Crippen molar-refractivity contribution in [2.24, 2.45) is 0 Å². The standard InChI is InChI=1S/C19H25N7/c1-13(2)18-21-14(3)12-17(22-18)24-7-9-25(10-8-24)19-16-11-15(4)23-26(16)6-5-20-19/h5-6,11-13H,7-10H2,1-4H3. The normalized spacial score (nSPS) is 15.3. The number of nitrogens with zero attached hydrogens (tertiary/aromatic N) is 7. The van der Waals surface area contributed by atoms with Crippen molar-refractivity contribution in [2.75, 3.05) is 36.0 Å². The Morgan fingerprint density at radius 3 is 2.38 bits per heavy atom. The van der Waals surface area contributed by atoms with E-state index in [4.69, 9.17) is 4.98 Å². The Balaban J connectivity index is 1.54. The van der Waals surface area contributed by atoms with Crippen LogP contribution in [-0.2, 0) is 0 Å². The summed E-state index contributed by atoms with van der Waals surface area (Å²) in [5, 5.41) is 4.49. The first-order chi connectivity index (χ1) is 12.5. The van der Waals surface area contributed by atoms with Crippen molar-refractivity contribution in [1.29, 1.82) is 0 Å². The highest BCUT2D eigenvalue weighted by Crippen LogP contribution is 2.23. The molecule has 0 saturated carbocycles. The summed E-state index contributed by atoms with van der Waals surface area (Å²) >= 11 is 0. The Bertz CT molecular complexity index is 923. The SMILES string of the molecule is Cc1cc(N2CCN(c3nccn4nc(C)cc34)CC2)nc(C(C)C)n1. The first-order valence-electron chi connectivity index (χ1n) is 9.18. The zero-order chi connectivity index (χ0) is 18.3. The van der Waals surface area contributed by atoms with Crippen LogP contribution in [0.15, 0.2) is 24.5 Å². The third-order valence-corrected chi connectivity index (χ3v) is 4.77. The highest BCUT2D eigenvalue weighted by molar-refractivity contribution is 5.69. The molecular formula is C19H25N7. The average Bonchev–Trinajstić information content (AvgIpc) is 3.01. The van der Waals surface area contributed by atoms with Crippen molar-refractivity contribution in [2.45, 2.75) is 33.6 Å². The van der Waals surface area contributed by atoms with Crippen molar-refractivity contribution in [3.63, 3.8) is 0 Å². The van der Waals surface area contributed by atoms with Crippen molar-refractivity contribution in [1.82, 2.24) is 24.6 Å². The molecule has 0 spiro atoms. The molecule has 7 heteroatoms. The summed E-state index contributed by atoms with van der Waals surface area (Å²) in [6.45, 7) is 12.0. The van der Waals surface area contributed by atoms with E-state index in [0.717, 1.165) is 60.5 Å². The van der Waals surface area contributed by atoms with Crippen LogP contribution in [0.25, 0.3) is 5.52 Å². The first kappa shape index (κ1) is 16.8. The summed E-state index contributed by atoms with van der Waals surface area (Å²) in [5.41, 5.74) is 3.11. The zero-order valence-corrected chi connectivity index (χ0v) is 15.8. The van der Waals surface area contributed by atoms with Crippen LogP contribution < -0.4 is 9.80 Å². The Morgan fingerprint density at radius 1 is 0.923 bits per heavy atom. The molecule has 0 amide bonds. The van der Waals surface area contributed by atoms with E-state index in [1.165, 1.54) is 0 Å². The molecule has 1 saturated heterocycles. The summed E-state index contributed by atoms with van der Waals surface area (Å²) < 4.78 is 1.91. The van der Waals surface area contributed by atoms with Gasteiger partial charge in [0.05, 0.1) is 5.69 Å². The van der Waals surface area contributed by atoms with Crippen molar-refractivity contribution in [3.8, 4) is 0 Å². The molecule has 0 N–H and O–H groups in total. The molecule has 0 unspecified atom stereocenters. The number of aryl methyl sites for hydroxylation is 2. The van der Waals surface area contributed by atoms with Gasteiger partial charge in [0, 0.05) is 56.3 Å². The van der Waals surface area contributed by atoms with Crippen LogP contribution in [0, 0.1) is 13.8 Å². The van der Waals surface area contributed by atoms with Gasteiger partial charge in [-0.15, -0.1) is 0 Å². The van der Waals surface area contributed by atoms with Gasteiger partial charge in [-0.05, 0) is 19.9 Å². The number of hydrogen-bond donors (Lipinski definition) is 0. The van der Waals surface area contributed by atoms with Gasteiger partial charge in [-0.3, -0.25) is 0 Å². The summed E-state index contributed by atoms with van der Waals surface area (Å²) in [6.07, 6.45) is 3.73. The quantitative estimate of drug-likeness (QED) is 0.723. The van der Waals surface area contributed by atoms with Crippen LogP contribution in [0.2, 0.25) is 0 Å². The van der Waals surface area contributed by atoms with Gasteiger partial charge in [0.1, 0.15) is 17.2 Å². The molecular weight excluding hydrogens is 326 g/mol. The molecule has 7 nitrogen and oxygen atoms in total. The van der Waals surface area contributed by atoms with E-state index in [2.05, 4.69) is 50.8 Å². The van der Waals surface area contributed by atoms with E-state index >= 15 is 0 Å². The van der Waals surface area contributed by atoms with Gasteiger partial charge in [-0.25, -0.2) is 19.5 Å². The second-order valence-electron chi connectivity index (χ2n) is 7.22. The van der Waals surface area contributed by atoms with Crippen molar-refractivity contribution in [3.05, 3.63) is 41.7 Å². The lowest BCUT2D eigenvalue weighted by Crippen LogP contribution is -2.47. The molecule has 1 aliphatic rings. The molecule has 0 atom stereocenters. The average molecular weight is 351 g/mol. The summed E-state index contributed by atoms with van der Waals surface area (Å²) in [5.74, 6) is 3.30. The number of rotatable bonds is 3. The molecule has 3 aromatic heterocycles. The first-order valence-corrected chi connectivity index (χ1v) is 9.18. The van der Waals surface area contributed by atoms with E-state index in [1.807, 2.05) is 30.8 Å². The van der Waals surface area contributed by atoms with Gasteiger partial charge >= 0.3 is 0 Å². The molecule has 0 aromatic carbocycles. The molecule has 0 aliphatic carbocycles. The smallest absolute Gasteiger partial charge is 0.154 e. The maximum Gasteiger partial charge on any atom is 0.154 e. The highest BCUT2D eigenvalue weighted by Gasteiger charge is 2.22. The zero-order valence-electron chi connectivity index (χ0n) is 15.8. The van der Waals surface area contributed by atoms with Crippen LogP contribution in [0.1, 0.15) is 37.0 Å². The van der Waals surface area contributed by atoms with Gasteiger partial charge < -0.3 is 9.80 Å². The lowest BCUT2D eigenvalue weighted by Gasteiger charge is -2.36. The summed E-state index contributed by atoms with van der Waals surface area (Å²) in [4.78, 5) is 18.6. The molecule has 136 valence electrons. The van der Waals surface area contributed by atoms with Gasteiger partial charge in [0.2, 0.25) is 0 Å². The number of aromatic nitrogens is 5. The second-order valence-corrected chi connectivity index (χ2v) is 7.22. The van der Waals surface area contributed by atoms with Crippen LogP contribution in [0.3, 0.4) is 0 Å². The van der Waals surface area contributed by atoms with Crippen molar-refractivity contribution >= 4 is 17.2 Å². The summed E-state index contributed by atoms with van der Waals surface area (Å²) in [6, 6.07) is 4.18. The number of anilines is 2. The molecule has 4 heterocycles. The van der Waals surface area contributed by atoms with E-state index < -0.39 is 0 Å². The van der Waals surface area contributed by atoms with Crippen LogP contribution in [0.5, 0.6) is 0 Å². The number of fused-ring (bicyclic) bond motifs is 1. The van der Waals surface area contributed by atoms with Crippen LogP contribution in [-0.4, -0.2) is 50.7 Å². The van der Waals surface area contributed by atoms with E-state index in [0.29, 0.717) is 5.92 Å². The fourth-order valence-corrected chi connectivity index (χ4v) is 3.42. The third kappa shape index (κ3) is 3.09. The lowest BCUT2D eigenvalue weighted by molar-refractivity contribution is 0.636. The minimum atomic E-state index is 0.335. The topological polar surface area (TPSA) is 62.5 Å². The minimum Gasteiger partial charge on any atom is -0.353 e. The predicted octanol–water partition coefficient (Wildman–Crippen LogP) is 2.59. The van der Waals surface area contributed by atoms with E-state index in [-0.39, 0.29) is 0 Å². The molecule has 3 aromatic rings. The van der Waals surface area contributed by atoms with Crippen molar-refractivity contribution < 1.29 is 0 Å². The minimum absolute atomic E-state index is 0.335. The fourth-order valence-electron chi connectivity index (χ4n) is 3.42. The molecule has 4 rings (SSSR count). The van der Waals surface area contributed by atoms with Gasteiger partial charge in [-0.2, -0.15) is 5.10 Å². The summed E-state index contributed by atoms with van der Waals surface area (Å²) in [7, 11) is 0. The lowest BCUT2D eigenvalue weighted by atomic mass is 10.2. The second kappa shape index (κ2) is 6.55. The number of hydrogen-bond acceptors (Lipinski definition) is 6. The molecule has 0 radical (unpaired) electrons. The monoisotopic (exact) mass is 351 g/mol. The maximum absolute atomic E-state index is 4.77.